The molecule has 1 aromatic heterocycles. The molecule has 0 aliphatic carbocycles. The third kappa shape index (κ3) is 2.31. The van der Waals surface area contributed by atoms with E-state index in [9.17, 15) is 0 Å². The molecular weight excluding hydrogens is 208 g/mol. The van der Waals surface area contributed by atoms with Gasteiger partial charge in [0.05, 0.1) is 11.4 Å². The maximum absolute atomic E-state index is 4.92. The molecule has 0 fully saturated rings. The van der Waals surface area contributed by atoms with E-state index in [0.29, 0.717) is 0 Å². The highest BCUT2D eigenvalue weighted by Gasteiger charge is 2.28. The molecule has 0 saturated heterocycles. The van der Waals surface area contributed by atoms with Gasteiger partial charge in [0.2, 0.25) is 0 Å². The molecule has 0 atom stereocenters. The first-order valence-corrected chi connectivity index (χ1v) is 6.48. The zero-order valence-corrected chi connectivity index (χ0v) is 11.9. The number of hydrogen-bond acceptors (Lipinski definition) is 2. The van der Waals surface area contributed by atoms with Crippen LogP contribution in [0.4, 0.5) is 5.69 Å². The fourth-order valence-electron chi connectivity index (χ4n) is 2.24. The average Bonchev–Trinajstić information content (AvgIpc) is 2.59. The maximum atomic E-state index is 4.92. The van der Waals surface area contributed by atoms with Crippen molar-refractivity contribution in [2.75, 3.05) is 11.9 Å². The highest BCUT2D eigenvalue weighted by Crippen LogP contribution is 2.36. The normalized spacial score (nSPS) is 15.6. The van der Waals surface area contributed by atoms with Gasteiger partial charge in [0.15, 0.2) is 0 Å². The molecule has 1 aromatic rings. The predicted octanol–water partition coefficient (Wildman–Crippen LogP) is 3.64. The van der Waals surface area contributed by atoms with Crippen LogP contribution in [0.5, 0.6) is 0 Å². The van der Waals surface area contributed by atoms with Crippen LogP contribution in [0.1, 0.15) is 58.5 Å². The van der Waals surface area contributed by atoms with Crippen LogP contribution in [0.25, 0.3) is 0 Å². The van der Waals surface area contributed by atoms with Gasteiger partial charge in [-0.1, -0.05) is 41.5 Å². The summed E-state index contributed by atoms with van der Waals surface area (Å²) in [7, 11) is 0. The number of hydrogen-bond donors (Lipinski definition) is 1. The number of anilines is 1. The van der Waals surface area contributed by atoms with E-state index in [1.54, 1.807) is 0 Å². The van der Waals surface area contributed by atoms with E-state index in [-0.39, 0.29) is 10.8 Å². The van der Waals surface area contributed by atoms with Gasteiger partial charge < -0.3 is 5.32 Å². The van der Waals surface area contributed by atoms with Gasteiger partial charge >= 0.3 is 0 Å². The van der Waals surface area contributed by atoms with Gasteiger partial charge in [0, 0.05) is 23.1 Å². The molecule has 2 rings (SSSR count). The van der Waals surface area contributed by atoms with E-state index < -0.39 is 0 Å². The monoisotopic (exact) mass is 232 g/mol. The molecule has 0 spiro atoms. The summed E-state index contributed by atoms with van der Waals surface area (Å²) in [5.74, 6) is 0. The minimum atomic E-state index is 0.0999. The van der Waals surface area contributed by atoms with E-state index in [2.05, 4.69) is 52.9 Å². The van der Waals surface area contributed by atoms with Gasteiger partial charge in [-0.25, -0.2) is 0 Å². The van der Waals surface area contributed by atoms with Gasteiger partial charge in [-0.05, 0) is 18.1 Å². The van der Waals surface area contributed by atoms with E-state index in [0.717, 1.165) is 13.0 Å². The molecule has 0 unspecified atom stereocenters. The lowest BCUT2D eigenvalue weighted by atomic mass is 9.85. The minimum absolute atomic E-state index is 0.0999. The largest absolute Gasteiger partial charge is 0.383 e. The van der Waals surface area contributed by atoms with Gasteiger partial charge in [0.1, 0.15) is 0 Å². The Morgan fingerprint density at radius 2 is 1.71 bits per heavy atom. The van der Waals surface area contributed by atoms with Crippen molar-refractivity contribution in [1.82, 2.24) is 4.98 Å². The molecule has 2 nitrogen and oxygen atoms in total. The Hall–Kier alpha value is -1.05. The average molecular weight is 232 g/mol. The van der Waals surface area contributed by atoms with Crippen LogP contribution < -0.4 is 5.32 Å². The number of nitrogens with zero attached hydrogens (tertiary/aromatic N) is 1. The lowest BCUT2D eigenvalue weighted by Gasteiger charge is -2.26. The Labute approximate surface area is 105 Å². The Kier molecular flexibility index (Phi) is 2.72. The molecule has 1 aliphatic heterocycles. The molecule has 0 bridgehead atoms. The minimum Gasteiger partial charge on any atom is -0.383 e. The zero-order chi connectivity index (χ0) is 12.8. The molecule has 0 saturated carbocycles. The first kappa shape index (κ1) is 12.4. The lowest BCUT2D eigenvalue weighted by Crippen LogP contribution is -2.21. The molecule has 0 radical (unpaired) electrons. The number of fused-ring (bicyclic) bond motifs is 1. The van der Waals surface area contributed by atoms with E-state index in [4.69, 9.17) is 4.98 Å². The van der Waals surface area contributed by atoms with Crippen LogP contribution in [-0.2, 0) is 17.3 Å². The molecule has 2 heteroatoms. The summed E-state index contributed by atoms with van der Waals surface area (Å²) >= 11 is 0. The predicted molar refractivity (Wildman–Crippen MR) is 73.8 cm³/mol. The summed E-state index contributed by atoms with van der Waals surface area (Å²) < 4.78 is 0. The van der Waals surface area contributed by atoms with Gasteiger partial charge in [-0.3, -0.25) is 4.98 Å². The van der Waals surface area contributed by atoms with E-state index in [1.807, 2.05) is 0 Å². The van der Waals surface area contributed by atoms with Crippen LogP contribution in [0.3, 0.4) is 0 Å². The fourth-order valence-corrected chi connectivity index (χ4v) is 2.24. The number of aromatic nitrogens is 1. The third-order valence-corrected chi connectivity index (χ3v) is 3.28. The Morgan fingerprint density at radius 1 is 1.06 bits per heavy atom. The first-order chi connectivity index (χ1) is 7.69. The molecule has 2 heterocycles. The molecule has 0 amide bonds. The van der Waals surface area contributed by atoms with Crippen molar-refractivity contribution in [2.24, 2.45) is 0 Å². The van der Waals surface area contributed by atoms with Gasteiger partial charge in [-0.2, -0.15) is 0 Å². The number of pyridine rings is 1. The second kappa shape index (κ2) is 3.72. The van der Waals surface area contributed by atoms with Crippen LogP contribution >= 0.6 is 0 Å². The highest BCUT2D eigenvalue weighted by molar-refractivity contribution is 5.61. The summed E-state index contributed by atoms with van der Waals surface area (Å²) in [6, 6.07) is 2.28. The van der Waals surface area contributed by atoms with Crippen molar-refractivity contribution in [1.29, 1.82) is 0 Å². The second-order valence-electron chi connectivity index (χ2n) is 7.07. The van der Waals surface area contributed by atoms with Gasteiger partial charge in [0.25, 0.3) is 0 Å². The standard InChI is InChI=1S/C15H24N2/c1-14(2,3)11-9-10-7-8-16-12(10)13(17-11)15(4,5)6/h9,16H,7-8H2,1-6H3. The molecular formula is C15H24N2. The van der Waals surface area contributed by atoms with Crippen molar-refractivity contribution in [3.05, 3.63) is 23.0 Å². The SMILES string of the molecule is CC(C)(C)c1cc2c(c(C(C)(C)C)n1)NCC2. The molecule has 0 aromatic carbocycles. The summed E-state index contributed by atoms with van der Waals surface area (Å²) in [5.41, 5.74) is 5.38. The van der Waals surface area contributed by atoms with Crippen LogP contribution in [0.2, 0.25) is 0 Å². The lowest BCUT2D eigenvalue weighted by molar-refractivity contribution is 0.532. The molecule has 17 heavy (non-hydrogen) atoms. The highest BCUT2D eigenvalue weighted by atomic mass is 14.9. The van der Waals surface area contributed by atoms with E-state index in [1.165, 1.54) is 22.6 Å². The summed E-state index contributed by atoms with van der Waals surface area (Å²) in [4.78, 5) is 4.92. The number of nitrogens with one attached hydrogen (secondary N) is 1. The molecule has 1 aliphatic rings. The van der Waals surface area contributed by atoms with Crippen molar-refractivity contribution in [2.45, 2.75) is 58.8 Å². The maximum Gasteiger partial charge on any atom is 0.0694 e. The zero-order valence-electron chi connectivity index (χ0n) is 11.9. The van der Waals surface area contributed by atoms with Crippen LogP contribution in [-0.4, -0.2) is 11.5 Å². The van der Waals surface area contributed by atoms with Crippen molar-refractivity contribution in [3.8, 4) is 0 Å². The summed E-state index contributed by atoms with van der Waals surface area (Å²) in [6.45, 7) is 14.5. The van der Waals surface area contributed by atoms with Crippen molar-refractivity contribution in [3.63, 3.8) is 0 Å². The first-order valence-electron chi connectivity index (χ1n) is 6.48. The molecule has 1 N–H and O–H groups in total. The fraction of sp³-hybridized carbons (Fsp3) is 0.667. The van der Waals surface area contributed by atoms with Gasteiger partial charge in [-0.15, -0.1) is 0 Å². The molecule has 94 valence electrons. The van der Waals surface area contributed by atoms with Crippen LogP contribution in [0, 0.1) is 0 Å². The summed E-state index contributed by atoms with van der Waals surface area (Å²) in [5, 5.41) is 3.49. The third-order valence-electron chi connectivity index (χ3n) is 3.28. The quantitative estimate of drug-likeness (QED) is 0.738. The Balaban J connectivity index is 2.62. The number of rotatable bonds is 0. The summed E-state index contributed by atoms with van der Waals surface area (Å²) in [6.07, 6.45) is 1.13. The van der Waals surface area contributed by atoms with Crippen molar-refractivity contribution >= 4 is 5.69 Å². The smallest absolute Gasteiger partial charge is 0.0694 e. The Bertz CT molecular complexity index is 433. The van der Waals surface area contributed by atoms with Crippen LogP contribution in [0.15, 0.2) is 6.07 Å². The Morgan fingerprint density at radius 3 is 2.24 bits per heavy atom. The topological polar surface area (TPSA) is 24.9 Å². The van der Waals surface area contributed by atoms with Crippen molar-refractivity contribution < 1.29 is 0 Å². The second-order valence-corrected chi connectivity index (χ2v) is 7.07. The van der Waals surface area contributed by atoms with E-state index >= 15 is 0 Å².